The molecule has 0 radical (unpaired) electrons. The largest absolute Gasteiger partial charge is 0.357 e. The van der Waals surface area contributed by atoms with Gasteiger partial charge in [0.05, 0.1) is 24.3 Å². The highest BCUT2D eigenvalue weighted by molar-refractivity contribution is 7.14. The number of rotatable bonds is 9. The number of thiazole rings is 1. The fourth-order valence-electron chi connectivity index (χ4n) is 4.49. The quantitative estimate of drug-likeness (QED) is 0.276. The summed E-state index contributed by atoms with van der Waals surface area (Å²) in [4.78, 5) is 32.1. The first kappa shape index (κ1) is 26.3. The summed E-state index contributed by atoms with van der Waals surface area (Å²) in [6.07, 6.45) is 0. The van der Waals surface area contributed by atoms with Crippen molar-refractivity contribution in [1.82, 2.24) is 14.1 Å². The Morgan fingerprint density at radius 1 is 0.949 bits per heavy atom. The summed E-state index contributed by atoms with van der Waals surface area (Å²) in [5.74, 6) is -0.426. The van der Waals surface area contributed by atoms with Gasteiger partial charge in [-0.15, -0.1) is 11.3 Å². The van der Waals surface area contributed by atoms with Gasteiger partial charge in [0.2, 0.25) is 0 Å². The molecule has 2 aromatic heterocycles. The van der Waals surface area contributed by atoms with Crippen molar-refractivity contribution in [2.75, 3.05) is 5.32 Å². The highest BCUT2D eigenvalue weighted by Crippen LogP contribution is 2.26. The van der Waals surface area contributed by atoms with E-state index in [9.17, 15) is 14.0 Å². The third kappa shape index (κ3) is 5.74. The molecule has 0 aliphatic rings. The van der Waals surface area contributed by atoms with Crippen molar-refractivity contribution in [3.63, 3.8) is 0 Å². The molecule has 7 nitrogen and oxygen atoms in total. The Balaban J connectivity index is 1.57. The Labute approximate surface area is 229 Å². The molecule has 39 heavy (non-hydrogen) atoms. The average molecular weight is 542 g/mol. The summed E-state index contributed by atoms with van der Waals surface area (Å²) in [5.41, 5.74) is 8.79. The first-order valence-corrected chi connectivity index (χ1v) is 13.4. The molecule has 3 N–H and O–H groups in total. The maximum atomic E-state index is 14.6. The maximum absolute atomic E-state index is 14.6. The lowest BCUT2D eigenvalue weighted by molar-refractivity contribution is 0.503. The Morgan fingerprint density at radius 2 is 1.62 bits per heavy atom. The topological polar surface area (TPSA) is 94.9 Å². The Morgan fingerprint density at radius 3 is 2.33 bits per heavy atom. The summed E-state index contributed by atoms with van der Waals surface area (Å²) in [6, 6.07) is 24.9. The number of halogens is 1. The fraction of sp³-hybridized carbons (Fsp3) is 0.167. The molecule has 0 spiro atoms. The molecule has 198 valence electrons. The molecule has 0 aliphatic carbocycles. The molecule has 9 heteroatoms. The van der Waals surface area contributed by atoms with Crippen LogP contribution in [0.4, 0.5) is 9.52 Å². The zero-order chi connectivity index (χ0) is 27.4. The Bertz CT molecular complexity index is 1700. The molecule has 0 amide bonds. The first-order chi connectivity index (χ1) is 18.9. The molecule has 0 saturated heterocycles. The standard InChI is InChI=1S/C30H28FN5O2S/c1-20-27(26-19-39-29(34-26)33-16-21-10-4-2-5-11-21)28(37)36(18-25(32)22-12-6-3-7-13-22)30(38)35(20)17-23-14-8-9-15-24(23)31/h2-15,19,25H,16-18,32H2,1H3,(H,33,34)/t25-/m0/s1. The van der Waals surface area contributed by atoms with Gasteiger partial charge in [0, 0.05) is 29.2 Å². The average Bonchev–Trinajstić information content (AvgIpc) is 3.42. The summed E-state index contributed by atoms with van der Waals surface area (Å²) >= 11 is 1.37. The second kappa shape index (κ2) is 11.6. The normalized spacial score (nSPS) is 11.9. The molecule has 0 bridgehead atoms. The fourth-order valence-corrected chi connectivity index (χ4v) is 5.19. The molecule has 1 atom stereocenters. The molecular formula is C30H28FN5O2S. The molecule has 0 unspecified atom stereocenters. The van der Waals surface area contributed by atoms with Crippen LogP contribution < -0.4 is 22.3 Å². The minimum atomic E-state index is -0.590. The monoisotopic (exact) mass is 541 g/mol. The molecule has 0 fully saturated rings. The van der Waals surface area contributed by atoms with E-state index in [0.717, 1.165) is 15.7 Å². The van der Waals surface area contributed by atoms with Crippen LogP contribution in [0.2, 0.25) is 0 Å². The smallest absolute Gasteiger partial charge is 0.331 e. The van der Waals surface area contributed by atoms with Crippen molar-refractivity contribution in [3.05, 3.63) is 139 Å². The molecular weight excluding hydrogens is 513 g/mol. The summed E-state index contributed by atoms with van der Waals surface area (Å²) < 4.78 is 17.1. The number of aromatic nitrogens is 3. The van der Waals surface area contributed by atoms with Gasteiger partial charge >= 0.3 is 5.69 Å². The highest BCUT2D eigenvalue weighted by Gasteiger charge is 2.22. The minimum Gasteiger partial charge on any atom is -0.357 e. The van der Waals surface area contributed by atoms with E-state index < -0.39 is 23.1 Å². The first-order valence-electron chi connectivity index (χ1n) is 12.5. The van der Waals surface area contributed by atoms with Crippen LogP contribution in [0.25, 0.3) is 11.3 Å². The molecule has 5 rings (SSSR count). The number of nitrogens with zero attached hydrogens (tertiary/aromatic N) is 3. The van der Waals surface area contributed by atoms with E-state index in [2.05, 4.69) is 10.3 Å². The predicted octanol–water partition coefficient (Wildman–Crippen LogP) is 4.94. The van der Waals surface area contributed by atoms with Crippen LogP contribution in [0, 0.1) is 12.7 Å². The third-order valence-corrected chi connectivity index (χ3v) is 7.43. The van der Waals surface area contributed by atoms with E-state index in [1.54, 1.807) is 30.5 Å². The zero-order valence-electron chi connectivity index (χ0n) is 21.4. The van der Waals surface area contributed by atoms with Gasteiger partial charge in [0.15, 0.2) is 5.13 Å². The lowest BCUT2D eigenvalue weighted by Crippen LogP contribution is -2.44. The van der Waals surface area contributed by atoms with Crippen LogP contribution in [0.1, 0.15) is 28.4 Å². The number of benzene rings is 3. The number of hydrogen-bond acceptors (Lipinski definition) is 6. The number of hydrogen-bond donors (Lipinski definition) is 2. The summed E-state index contributed by atoms with van der Waals surface area (Å²) in [6.45, 7) is 2.20. The van der Waals surface area contributed by atoms with E-state index in [1.165, 1.54) is 22.0 Å². The van der Waals surface area contributed by atoms with Gasteiger partial charge in [-0.25, -0.2) is 14.2 Å². The molecule has 0 aliphatic heterocycles. The molecule has 0 saturated carbocycles. The zero-order valence-corrected chi connectivity index (χ0v) is 22.2. The number of nitrogens with one attached hydrogen (secondary N) is 1. The molecule has 2 heterocycles. The third-order valence-electron chi connectivity index (χ3n) is 6.63. The van der Waals surface area contributed by atoms with E-state index in [4.69, 9.17) is 5.73 Å². The van der Waals surface area contributed by atoms with Crippen LogP contribution in [0.3, 0.4) is 0 Å². The minimum absolute atomic E-state index is 0.0323. The Hall–Kier alpha value is -4.34. The van der Waals surface area contributed by atoms with Gasteiger partial charge in [-0.2, -0.15) is 0 Å². The Kier molecular flexibility index (Phi) is 7.81. The van der Waals surface area contributed by atoms with Crippen LogP contribution in [0.5, 0.6) is 0 Å². The second-order valence-electron chi connectivity index (χ2n) is 9.23. The summed E-state index contributed by atoms with van der Waals surface area (Å²) in [7, 11) is 0. The van der Waals surface area contributed by atoms with E-state index >= 15 is 0 Å². The van der Waals surface area contributed by atoms with Crippen molar-refractivity contribution in [2.24, 2.45) is 5.73 Å². The van der Waals surface area contributed by atoms with Crippen LogP contribution >= 0.6 is 11.3 Å². The second-order valence-corrected chi connectivity index (χ2v) is 10.1. The lowest BCUT2D eigenvalue weighted by Gasteiger charge is -2.19. The highest BCUT2D eigenvalue weighted by atomic mass is 32.1. The maximum Gasteiger partial charge on any atom is 0.331 e. The van der Waals surface area contributed by atoms with Gasteiger partial charge in [-0.1, -0.05) is 78.9 Å². The van der Waals surface area contributed by atoms with Crippen LogP contribution in [-0.4, -0.2) is 14.1 Å². The van der Waals surface area contributed by atoms with Gasteiger partial charge in [-0.3, -0.25) is 13.9 Å². The van der Waals surface area contributed by atoms with Crippen molar-refractivity contribution in [3.8, 4) is 11.3 Å². The number of nitrogens with two attached hydrogens (primary N) is 1. The molecule has 3 aromatic carbocycles. The van der Waals surface area contributed by atoms with Gasteiger partial charge in [0.1, 0.15) is 5.82 Å². The van der Waals surface area contributed by atoms with Gasteiger partial charge in [0.25, 0.3) is 5.56 Å². The van der Waals surface area contributed by atoms with Gasteiger partial charge in [-0.05, 0) is 24.1 Å². The van der Waals surface area contributed by atoms with Crippen molar-refractivity contribution in [2.45, 2.75) is 32.6 Å². The van der Waals surface area contributed by atoms with Crippen LogP contribution in [0.15, 0.2) is 99.9 Å². The van der Waals surface area contributed by atoms with Crippen molar-refractivity contribution in [1.29, 1.82) is 0 Å². The van der Waals surface area contributed by atoms with Crippen molar-refractivity contribution >= 4 is 16.5 Å². The van der Waals surface area contributed by atoms with E-state index in [-0.39, 0.29) is 18.7 Å². The van der Waals surface area contributed by atoms with Gasteiger partial charge < -0.3 is 11.1 Å². The molecule has 5 aromatic rings. The summed E-state index contributed by atoms with van der Waals surface area (Å²) in [5, 5.41) is 5.73. The lowest BCUT2D eigenvalue weighted by atomic mass is 10.1. The van der Waals surface area contributed by atoms with E-state index in [0.29, 0.717) is 28.6 Å². The van der Waals surface area contributed by atoms with E-state index in [1.807, 2.05) is 60.7 Å². The van der Waals surface area contributed by atoms with Crippen molar-refractivity contribution < 1.29 is 4.39 Å². The number of anilines is 1. The SMILES string of the molecule is Cc1c(-c2csc(NCc3ccccc3)n2)c(=O)n(C[C@H](N)c2ccccc2)c(=O)n1Cc1ccccc1F. The predicted molar refractivity (Wildman–Crippen MR) is 153 cm³/mol. The van der Waals surface area contributed by atoms with Crippen LogP contribution in [-0.2, 0) is 19.6 Å².